The molecule has 0 spiro atoms. The lowest BCUT2D eigenvalue weighted by Crippen LogP contribution is -2.46. The van der Waals surface area contributed by atoms with Gasteiger partial charge in [0.1, 0.15) is 5.69 Å². The van der Waals surface area contributed by atoms with Crippen molar-refractivity contribution in [2.75, 3.05) is 13.1 Å². The van der Waals surface area contributed by atoms with Crippen LogP contribution in [0.5, 0.6) is 0 Å². The number of nitrogens with two attached hydrogens (primary N) is 1. The highest BCUT2D eigenvalue weighted by atomic mass is 32.1. The Kier molecular flexibility index (Phi) is 3.80. The number of aromatic nitrogens is 2. The van der Waals surface area contributed by atoms with Gasteiger partial charge in [-0.25, -0.2) is 4.98 Å². The molecule has 102 valence electrons. The summed E-state index contributed by atoms with van der Waals surface area (Å²) in [6.45, 7) is 5.21. The highest BCUT2D eigenvalue weighted by Gasteiger charge is 2.34. The lowest BCUT2D eigenvalue weighted by atomic mass is 9.80. The molecule has 19 heavy (non-hydrogen) atoms. The largest absolute Gasteiger partial charge is 0.393 e. The van der Waals surface area contributed by atoms with Gasteiger partial charge in [0.15, 0.2) is 0 Å². The highest BCUT2D eigenvalue weighted by Crippen LogP contribution is 2.31. The maximum Gasteiger partial charge on any atom is 0.274 e. The van der Waals surface area contributed by atoms with E-state index in [1.807, 2.05) is 6.92 Å². The molecular weight excluding hydrogens is 260 g/mol. The van der Waals surface area contributed by atoms with Crippen molar-refractivity contribution < 1.29 is 4.79 Å². The van der Waals surface area contributed by atoms with Crippen molar-refractivity contribution >= 4 is 23.1 Å². The Morgan fingerprint density at radius 2 is 2.00 bits per heavy atom. The number of carbonyl (C=O) groups is 1. The van der Waals surface area contributed by atoms with Crippen LogP contribution >= 0.6 is 12.2 Å². The molecule has 1 aromatic rings. The van der Waals surface area contributed by atoms with E-state index in [0.29, 0.717) is 23.8 Å². The molecule has 1 amide bonds. The molecule has 2 heterocycles. The minimum atomic E-state index is -0.134. The van der Waals surface area contributed by atoms with Gasteiger partial charge >= 0.3 is 0 Å². The van der Waals surface area contributed by atoms with Gasteiger partial charge in [-0.1, -0.05) is 19.1 Å². The molecule has 1 aliphatic rings. The fourth-order valence-corrected chi connectivity index (χ4v) is 2.32. The summed E-state index contributed by atoms with van der Waals surface area (Å²) in [5, 5.41) is 0. The van der Waals surface area contributed by atoms with Crippen molar-refractivity contribution in [2.24, 2.45) is 11.1 Å². The van der Waals surface area contributed by atoms with Crippen LogP contribution in [0, 0.1) is 12.3 Å². The van der Waals surface area contributed by atoms with E-state index in [2.05, 4.69) is 16.9 Å². The Morgan fingerprint density at radius 1 is 1.37 bits per heavy atom. The van der Waals surface area contributed by atoms with Gasteiger partial charge in [0.2, 0.25) is 0 Å². The molecule has 6 heteroatoms. The molecule has 0 radical (unpaired) electrons. The fraction of sp³-hybridized carbons (Fsp3) is 0.538. The average molecular weight is 278 g/mol. The molecule has 0 aromatic carbocycles. The highest BCUT2D eigenvalue weighted by molar-refractivity contribution is 7.80. The Labute approximate surface area is 118 Å². The number of nitrogens with zero attached hydrogens (tertiary/aromatic N) is 3. The van der Waals surface area contributed by atoms with Crippen LogP contribution in [0.3, 0.4) is 0 Å². The zero-order valence-corrected chi connectivity index (χ0v) is 12.0. The van der Waals surface area contributed by atoms with Crippen LogP contribution in [0.2, 0.25) is 0 Å². The first-order valence-electron chi connectivity index (χ1n) is 6.30. The van der Waals surface area contributed by atoms with Crippen molar-refractivity contribution in [3.8, 4) is 0 Å². The zero-order chi connectivity index (χ0) is 14.0. The van der Waals surface area contributed by atoms with Crippen LogP contribution in [-0.4, -0.2) is 38.9 Å². The second-order valence-corrected chi connectivity index (χ2v) is 5.70. The van der Waals surface area contributed by atoms with E-state index in [4.69, 9.17) is 18.0 Å². The molecule has 2 rings (SSSR count). The summed E-state index contributed by atoms with van der Waals surface area (Å²) in [4.78, 5) is 22.8. The second-order valence-electron chi connectivity index (χ2n) is 5.26. The minimum Gasteiger partial charge on any atom is -0.393 e. The molecule has 0 bridgehead atoms. The van der Waals surface area contributed by atoms with Gasteiger partial charge in [-0.05, 0) is 19.8 Å². The molecule has 5 nitrogen and oxygen atoms in total. The molecule has 1 aromatic heterocycles. The van der Waals surface area contributed by atoms with Crippen LogP contribution < -0.4 is 5.73 Å². The number of thiocarbonyl (C=S) groups is 1. The Bertz CT molecular complexity index is 492. The summed E-state index contributed by atoms with van der Waals surface area (Å²) in [7, 11) is 0. The summed E-state index contributed by atoms with van der Waals surface area (Å²) >= 11 is 5.09. The van der Waals surface area contributed by atoms with Gasteiger partial charge in [-0.2, -0.15) is 0 Å². The van der Waals surface area contributed by atoms with Crippen molar-refractivity contribution in [3.63, 3.8) is 0 Å². The van der Waals surface area contributed by atoms with Crippen LogP contribution in [0.1, 0.15) is 35.9 Å². The molecule has 0 aliphatic carbocycles. The van der Waals surface area contributed by atoms with Gasteiger partial charge in [-0.15, -0.1) is 0 Å². The monoisotopic (exact) mass is 278 g/mol. The second kappa shape index (κ2) is 5.21. The summed E-state index contributed by atoms with van der Waals surface area (Å²) in [6, 6.07) is 0. The molecule has 0 saturated carbocycles. The van der Waals surface area contributed by atoms with E-state index in [0.717, 1.165) is 18.5 Å². The summed E-state index contributed by atoms with van der Waals surface area (Å²) in [5.41, 5.74) is 6.82. The standard InChI is InChI=1S/C13H18N4OS/c1-9-7-16-10(8-15-9)11(18)17-5-3-13(2,4-6-17)12(14)19/h7-8H,3-6H2,1-2H3,(H2,14,19). The predicted octanol–water partition coefficient (Wildman–Crippen LogP) is 1.31. The minimum absolute atomic E-state index is 0.0718. The molecule has 0 unspecified atom stereocenters. The van der Waals surface area contributed by atoms with Crippen molar-refractivity contribution in [1.29, 1.82) is 0 Å². The smallest absolute Gasteiger partial charge is 0.274 e. The Hall–Kier alpha value is -1.56. The lowest BCUT2D eigenvalue weighted by molar-refractivity contribution is 0.0664. The molecule has 0 atom stereocenters. The number of hydrogen-bond acceptors (Lipinski definition) is 4. The van der Waals surface area contributed by atoms with Crippen molar-refractivity contribution in [2.45, 2.75) is 26.7 Å². The van der Waals surface area contributed by atoms with Crippen LogP contribution in [0.15, 0.2) is 12.4 Å². The average Bonchev–Trinajstić information content (AvgIpc) is 2.39. The van der Waals surface area contributed by atoms with E-state index >= 15 is 0 Å². The van der Waals surface area contributed by atoms with E-state index in [-0.39, 0.29) is 11.3 Å². The van der Waals surface area contributed by atoms with E-state index in [9.17, 15) is 4.79 Å². The first-order valence-corrected chi connectivity index (χ1v) is 6.71. The number of likely N-dealkylation sites (tertiary alicyclic amines) is 1. The number of aryl methyl sites for hydroxylation is 1. The zero-order valence-electron chi connectivity index (χ0n) is 11.2. The van der Waals surface area contributed by atoms with E-state index in [1.54, 1.807) is 11.1 Å². The third kappa shape index (κ3) is 2.89. The number of rotatable bonds is 2. The van der Waals surface area contributed by atoms with E-state index < -0.39 is 0 Å². The first-order chi connectivity index (χ1) is 8.92. The first kappa shape index (κ1) is 13.9. The normalized spacial score (nSPS) is 18.1. The Balaban J connectivity index is 2.04. The van der Waals surface area contributed by atoms with Gasteiger partial charge in [0.05, 0.1) is 16.9 Å². The van der Waals surface area contributed by atoms with Gasteiger partial charge in [-0.3, -0.25) is 9.78 Å². The summed E-state index contributed by atoms with van der Waals surface area (Å²) in [6.07, 6.45) is 4.73. The number of carbonyl (C=O) groups excluding carboxylic acids is 1. The Morgan fingerprint density at radius 3 is 2.47 bits per heavy atom. The third-order valence-corrected chi connectivity index (χ3v) is 4.24. The summed E-state index contributed by atoms with van der Waals surface area (Å²) in [5.74, 6) is -0.0718. The van der Waals surface area contributed by atoms with E-state index in [1.165, 1.54) is 6.20 Å². The van der Waals surface area contributed by atoms with Gasteiger partial charge in [0.25, 0.3) is 5.91 Å². The third-order valence-electron chi connectivity index (χ3n) is 3.75. The van der Waals surface area contributed by atoms with Crippen molar-refractivity contribution in [3.05, 3.63) is 23.8 Å². The fourth-order valence-electron chi connectivity index (χ4n) is 2.11. The maximum atomic E-state index is 12.3. The molecule has 2 N–H and O–H groups in total. The van der Waals surface area contributed by atoms with Crippen LogP contribution in [-0.2, 0) is 0 Å². The maximum absolute atomic E-state index is 12.3. The summed E-state index contributed by atoms with van der Waals surface area (Å²) < 4.78 is 0. The molecule has 1 fully saturated rings. The topological polar surface area (TPSA) is 72.1 Å². The predicted molar refractivity (Wildman–Crippen MR) is 76.8 cm³/mol. The number of amides is 1. The lowest BCUT2D eigenvalue weighted by Gasteiger charge is -2.38. The molecule has 1 aliphatic heterocycles. The SMILES string of the molecule is Cc1cnc(C(=O)N2CCC(C)(C(N)=S)CC2)cn1. The quantitative estimate of drug-likeness (QED) is 0.826. The van der Waals surface area contributed by atoms with Crippen molar-refractivity contribution in [1.82, 2.24) is 14.9 Å². The number of piperidine rings is 1. The van der Waals surface area contributed by atoms with Gasteiger partial charge in [0, 0.05) is 24.7 Å². The van der Waals surface area contributed by atoms with Crippen LogP contribution in [0.4, 0.5) is 0 Å². The molecular formula is C13H18N4OS. The molecule has 1 saturated heterocycles. The van der Waals surface area contributed by atoms with Crippen LogP contribution in [0.25, 0.3) is 0 Å². The number of hydrogen-bond donors (Lipinski definition) is 1. The van der Waals surface area contributed by atoms with Gasteiger partial charge < -0.3 is 10.6 Å².